The molecule has 0 saturated heterocycles. The van der Waals surface area contributed by atoms with Gasteiger partial charge in [0.15, 0.2) is 12.4 Å². The summed E-state index contributed by atoms with van der Waals surface area (Å²) in [6.45, 7) is 3.81. The maximum absolute atomic E-state index is 13.1. The normalized spacial score (nSPS) is 23.0. The molecule has 0 radical (unpaired) electrons. The number of Topliss-reactive ketones (excluding diaryl/α,β-unsaturated/α-hetero) is 1. The molecule has 136 valence electrons. The Morgan fingerprint density at radius 3 is 2.60 bits per heavy atom. The summed E-state index contributed by atoms with van der Waals surface area (Å²) in [5.74, 6) is 0.313. The van der Waals surface area contributed by atoms with Crippen LogP contribution in [0.5, 0.6) is 5.75 Å². The molecule has 1 aromatic carbocycles. The number of ketones is 1. The predicted molar refractivity (Wildman–Crippen MR) is 96.7 cm³/mol. The van der Waals surface area contributed by atoms with Gasteiger partial charge in [-0.1, -0.05) is 43.0 Å². The third kappa shape index (κ3) is 3.26. The highest BCUT2D eigenvalue weighted by atomic mass is 35.5. The standard InChI is InChI=1S/C19H22Cl2O4/c1-3-24-14(22)10-25-13-8-11-9-19(2,12-6-4-5-7-12)18(23)15(11)17(21)16(13)20/h8,12H,3-7,9-10H2,1-2H3. The fourth-order valence-corrected chi connectivity index (χ4v) is 4.64. The van der Waals surface area contributed by atoms with Crippen LogP contribution >= 0.6 is 23.2 Å². The summed E-state index contributed by atoms with van der Waals surface area (Å²) in [7, 11) is 0. The van der Waals surface area contributed by atoms with E-state index < -0.39 is 11.4 Å². The van der Waals surface area contributed by atoms with E-state index in [9.17, 15) is 9.59 Å². The van der Waals surface area contributed by atoms with Crippen LogP contribution in [0.4, 0.5) is 0 Å². The van der Waals surface area contributed by atoms with E-state index in [-0.39, 0.29) is 29.0 Å². The Labute approximate surface area is 157 Å². The highest BCUT2D eigenvalue weighted by Crippen LogP contribution is 2.52. The Hall–Kier alpha value is -1.26. The van der Waals surface area contributed by atoms with E-state index >= 15 is 0 Å². The molecule has 0 aliphatic heterocycles. The molecule has 0 spiro atoms. The highest BCUT2D eigenvalue weighted by molar-refractivity contribution is 6.45. The summed E-state index contributed by atoms with van der Waals surface area (Å²) in [4.78, 5) is 24.6. The number of hydrogen-bond donors (Lipinski definition) is 0. The number of rotatable bonds is 5. The molecule has 3 rings (SSSR count). The SMILES string of the molecule is CCOC(=O)COc1cc2c(c(Cl)c1Cl)C(=O)C(C)(C1CCCC1)C2. The smallest absolute Gasteiger partial charge is 0.344 e. The van der Waals surface area contributed by atoms with Gasteiger partial charge in [0, 0.05) is 11.0 Å². The average molecular weight is 385 g/mol. The van der Waals surface area contributed by atoms with Gasteiger partial charge in [0.05, 0.1) is 11.6 Å². The van der Waals surface area contributed by atoms with E-state index in [1.54, 1.807) is 13.0 Å². The zero-order valence-electron chi connectivity index (χ0n) is 14.5. The molecule has 4 nitrogen and oxygen atoms in total. The Bertz CT molecular complexity index is 710. The van der Waals surface area contributed by atoms with Crippen LogP contribution in [-0.4, -0.2) is 25.0 Å². The number of fused-ring (bicyclic) bond motifs is 1. The first-order chi connectivity index (χ1) is 11.9. The minimum absolute atomic E-state index is 0.0817. The van der Waals surface area contributed by atoms with Gasteiger partial charge in [-0.05, 0) is 43.7 Å². The Morgan fingerprint density at radius 1 is 1.28 bits per heavy atom. The lowest BCUT2D eigenvalue weighted by Gasteiger charge is -2.29. The highest BCUT2D eigenvalue weighted by Gasteiger charge is 2.49. The summed E-state index contributed by atoms with van der Waals surface area (Å²) in [6.07, 6.45) is 5.14. The first-order valence-electron chi connectivity index (χ1n) is 8.72. The largest absolute Gasteiger partial charge is 0.480 e. The second-order valence-electron chi connectivity index (χ2n) is 7.04. The topological polar surface area (TPSA) is 52.6 Å². The summed E-state index contributed by atoms with van der Waals surface area (Å²) in [5, 5.41) is 0.401. The summed E-state index contributed by atoms with van der Waals surface area (Å²) >= 11 is 12.7. The monoisotopic (exact) mass is 384 g/mol. The van der Waals surface area contributed by atoms with E-state index in [1.807, 2.05) is 6.92 Å². The number of hydrogen-bond acceptors (Lipinski definition) is 4. The average Bonchev–Trinajstić information content (AvgIpc) is 3.19. The van der Waals surface area contributed by atoms with Crippen LogP contribution in [0, 0.1) is 11.3 Å². The lowest BCUT2D eigenvalue weighted by molar-refractivity contribution is -0.145. The van der Waals surface area contributed by atoms with Crippen LogP contribution in [0.3, 0.4) is 0 Å². The molecule has 1 saturated carbocycles. The molecule has 2 aliphatic rings. The second-order valence-corrected chi connectivity index (χ2v) is 7.79. The first-order valence-corrected chi connectivity index (χ1v) is 9.48. The minimum Gasteiger partial charge on any atom is -0.480 e. The second kappa shape index (κ2) is 7.16. The van der Waals surface area contributed by atoms with Crippen LogP contribution in [0.15, 0.2) is 6.07 Å². The Balaban J connectivity index is 1.88. The van der Waals surface area contributed by atoms with Crippen LogP contribution < -0.4 is 4.74 Å². The molecule has 1 unspecified atom stereocenters. The van der Waals surface area contributed by atoms with Crippen LogP contribution in [0.2, 0.25) is 10.0 Å². The molecule has 1 atom stereocenters. The maximum Gasteiger partial charge on any atom is 0.344 e. The van der Waals surface area contributed by atoms with Crippen molar-refractivity contribution in [1.29, 1.82) is 0 Å². The van der Waals surface area contributed by atoms with Gasteiger partial charge in [0.1, 0.15) is 10.8 Å². The van der Waals surface area contributed by atoms with Crippen molar-refractivity contribution in [2.75, 3.05) is 13.2 Å². The number of esters is 1. The molecule has 25 heavy (non-hydrogen) atoms. The fourth-order valence-electron chi connectivity index (χ4n) is 4.14. The molecule has 2 aliphatic carbocycles. The van der Waals surface area contributed by atoms with Gasteiger partial charge in [-0.2, -0.15) is 0 Å². The van der Waals surface area contributed by atoms with Crippen LogP contribution in [0.25, 0.3) is 0 Å². The van der Waals surface area contributed by atoms with E-state index in [0.717, 1.165) is 18.4 Å². The van der Waals surface area contributed by atoms with Gasteiger partial charge in [-0.25, -0.2) is 4.79 Å². The Kier molecular flexibility index (Phi) is 5.31. The van der Waals surface area contributed by atoms with Gasteiger partial charge < -0.3 is 9.47 Å². The van der Waals surface area contributed by atoms with Crippen LogP contribution in [0.1, 0.15) is 55.5 Å². The summed E-state index contributed by atoms with van der Waals surface area (Å²) in [5.41, 5.74) is 0.947. The van der Waals surface area contributed by atoms with Gasteiger partial charge in [-0.3, -0.25) is 4.79 Å². The van der Waals surface area contributed by atoms with Gasteiger partial charge >= 0.3 is 5.97 Å². The van der Waals surface area contributed by atoms with Gasteiger partial charge in [-0.15, -0.1) is 0 Å². The van der Waals surface area contributed by atoms with E-state index in [2.05, 4.69) is 0 Å². The molecule has 0 heterocycles. The number of ether oxygens (including phenoxy) is 2. The van der Waals surface area contributed by atoms with Crippen molar-refractivity contribution in [3.63, 3.8) is 0 Å². The third-order valence-corrected chi connectivity index (χ3v) is 6.32. The molecule has 6 heteroatoms. The van der Waals surface area contributed by atoms with Gasteiger partial charge in [0.2, 0.25) is 0 Å². The van der Waals surface area contributed by atoms with Crippen molar-refractivity contribution in [3.05, 3.63) is 27.2 Å². The van der Waals surface area contributed by atoms with E-state index in [1.165, 1.54) is 12.8 Å². The lowest BCUT2D eigenvalue weighted by atomic mass is 9.73. The van der Waals surface area contributed by atoms with Crippen molar-refractivity contribution < 1.29 is 19.1 Å². The van der Waals surface area contributed by atoms with Crippen LogP contribution in [-0.2, 0) is 16.0 Å². The number of carbonyl (C=O) groups excluding carboxylic acids is 2. The van der Waals surface area contributed by atoms with Crippen molar-refractivity contribution in [1.82, 2.24) is 0 Å². The molecule has 0 bridgehead atoms. The van der Waals surface area contributed by atoms with Crippen molar-refractivity contribution in [2.45, 2.75) is 46.0 Å². The first kappa shape index (κ1) is 18.5. The molecule has 1 aromatic rings. The summed E-state index contributed by atoms with van der Waals surface area (Å²) < 4.78 is 10.3. The third-order valence-electron chi connectivity index (χ3n) is 5.47. The molecular weight excluding hydrogens is 363 g/mol. The molecule has 0 amide bonds. The number of halogens is 2. The fraction of sp³-hybridized carbons (Fsp3) is 0.579. The van der Waals surface area contributed by atoms with Gasteiger partial charge in [0.25, 0.3) is 0 Å². The van der Waals surface area contributed by atoms with Crippen molar-refractivity contribution >= 4 is 35.0 Å². The molecular formula is C19H22Cl2O4. The maximum atomic E-state index is 13.1. The molecule has 0 N–H and O–H groups in total. The Morgan fingerprint density at radius 2 is 1.96 bits per heavy atom. The predicted octanol–water partition coefficient (Wildman–Crippen LogP) is 4.87. The summed E-state index contributed by atoms with van der Waals surface area (Å²) in [6, 6.07) is 1.75. The minimum atomic E-state index is -0.470. The molecule has 0 aromatic heterocycles. The lowest BCUT2D eigenvalue weighted by Crippen LogP contribution is -2.32. The molecule has 1 fully saturated rings. The quantitative estimate of drug-likeness (QED) is 0.679. The van der Waals surface area contributed by atoms with Crippen molar-refractivity contribution in [2.24, 2.45) is 11.3 Å². The van der Waals surface area contributed by atoms with E-state index in [4.69, 9.17) is 32.7 Å². The number of carbonyl (C=O) groups is 2. The van der Waals surface area contributed by atoms with E-state index in [0.29, 0.717) is 23.7 Å². The number of benzene rings is 1. The zero-order chi connectivity index (χ0) is 18.2. The van der Waals surface area contributed by atoms with Crippen molar-refractivity contribution in [3.8, 4) is 5.75 Å². The zero-order valence-corrected chi connectivity index (χ0v) is 16.0.